The van der Waals surface area contributed by atoms with Crippen LogP contribution in [0.4, 0.5) is 17.1 Å². The van der Waals surface area contributed by atoms with E-state index in [2.05, 4.69) is 31.2 Å². The lowest BCUT2D eigenvalue weighted by Gasteiger charge is -2.10. The quantitative estimate of drug-likeness (QED) is 0.236. The maximum absolute atomic E-state index is 12.6. The molecule has 0 unspecified atom stereocenters. The first-order chi connectivity index (χ1) is 14.7. The third-order valence-electron chi connectivity index (χ3n) is 4.18. The van der Waals surface area contributed by atoms with Crippen LogP contribution in [0.15, 0.2) is 81.2 Å². The summed E-state index contributed by atoms with van der Waals surface area (Å²) in [7, 11) is -4.05. The van der Waals surface area contributed by atoms with Crippen LogP contribution in [0.5, 0.6) is 0 Å². The highest BCUT2D eigenvalue weighted by Crippen LogP contribution is 2.29. The van der Waals surface area contributed by atoms with Crippen molar-refractivity contribution in [1.82, 2.24) is 0 Å². The highest BCUT2D eigenvalue weighted by atomic mass is 79.9. The van der Waals surface area contributed by atoms with Gasteiger partial charge in [0, 0.05) is 26.8 Å². The van der Waals surface area contributed by atoms with Crippen molar-refractivity contribution in [2.75, 3.05) is 10.1 Å². The van der Waals surface area contributed by atoms with Gasteiger partial charge < -0.3 is 0 Å². The molecule has 11 heteroatoms. The molecule has 8 nitrogen and oxygen atoms in total. The van der Waals surface area contributed by atoms with Crippen molar-refractivity contribution in [1.29, 1.82) is 0 Å². The number of nitro benzene ring substituents is 1. The maximum atomic E-state index is 12.6. The first-order valence-electron chi connectivity index (χ1n) is 8.79. The minimum Gasteiger partial charge on any atom is -0.280 e. The molecular formula is C20H16BrClN4O4S. The molecule has 0 amide bonds. The largest absolute Gasteiger partial charge is 0.295 e. The average molecular weight is 524 g/mol. The Morgan fingerprint density at radius 2 is 1.77 bits per heavy atom. The summed E-state index contributed by atoms with van der Waals surface area (Å²) in [6.45, 7) is 1.74. The van der Waals surface area contributed by atoms with Crippen LogP contribution < -0.4 is 10.1 Å². The summed E-state index contributed by atoms with van der Waals surface area (Å²) in [6.07, 6.45) is 0. The molecule has 0 heterocycles. The minimum absolute atomic E-state index is 0.0573. The summed E-state index contributed by atoms with van der Waals surface area (Å²) in [5, 5.41) is 16.2. The van der Waals surface area contributed by atoms with Crippen LogP contribution in [0.3, 0.4) is 0 Å². The SMILES string of the molecule is C/C(=N\Nc1ccc(S(=O)(=O)Nc2ccc(Cl)cc2)cc1[N+](=O)[O-])c1ccccc1Br. The van der Waals surface area contributed by atoms with E-state index in [9.17, 15) is 18.5 Å². The van der Waals surface area contributed by atoms with Crippen molar-refractivity contribution in [2.45, 2.75) is 11.8 Å². The first-order valence-corrected chi connectivity index (χ1v) is 11.4. The molecule has 2 N–H and O–H groups in total. The molecule has 0 aliphatic carbocycles. The van der Waals surface area contributed by atoms with E-state index < -0.39 is 20.6 Å². The lowest BCUT2D eigenvalue weighted by molar-refractivity contribution is -0.384. The lowest BCUT2D eigenvalue weighted by Crippen LogP contribution is -2.13. The van der Waals surface area contributed by atoms with Gasteiger partial charge in [0.1, 0.15) is 5.69 Å². The third-order valence-corrected chi connectivity index (χ3v) is 6.50. The predicted octanol–water partition coefficient (Wildman–Crippen LogP) is 5.65. The molecule has 0 atom stereocenters. The number of nitrogens with zero attached hydrogens (tertiary/aromatic N) is 2. The van der Waals surface area contributed by atoms with Crippen molar-refractivity contribution in [2.24, 2.45) is 5.10 Å². The van der Waals surface area contributed by atoms with Crippen LogP contribution in [0.25, 0.3) is 0 Å². The normalized spacial score (nSPS) is 11.8. The Balaban J connectivity index is 1.89. The van der Waals surface area contributed by atoms with E-state index in [4.69, 9.17) is 11.6 Å². The van der Waals surface area contributed by atoms with Crippen molar-refractivity contribution < 1.29 is 13.3 Å². The van der Waals surface area contributed by atoms with Gasteiger partial charge in [-0.15, -0.1) is 0 Å². The zero-order chi connectivity index (χ0) is 22.6. The number of hydrazone groups is 1. The number of rotatable bonds is 7. The molecule has 0 bridgehead atoms. The van der Waals surface area contributed by atoms with E-state index in [0.29, 0.717) is 10.7 Å². The number of benzene rings is 3. The Kier molecular flexibility index (Phi) is 6.94. The fraction of sp³-hybridized carbons (Fsp3) is 0.0500. The number of nitrogens with one attached hydrogen (secondary N) is 2. The summed E-state index contributed by atoms with van der Waals surface area (Å²) in [6, 6.07) is 17.0. The van der Waals surface area contributed by atoms with Crippen molar-refractivity contribution in [3.8, 4) is 0 Å². The van der Waals surface area contributed by atoms with Gasteiger partial charge in [0.2, 0.25) is 0 Å². The summed E-state index contributed by atoms with van der Waals surface area (Å²) < 4.78 is 28.5. The Labute approximate surface area is 192 Å². The van der Waals surface area contributed by atoms with Gasteiger partial charge in [-0.25, -0.2) is 8.42 Å². The molecule has 0 radical (unpaired) electrons. The van der Waals surface area contributed by atoms with Crippen molar-refractivity contribution >= 4 is 60.3 Å². The Morgan fingerprint density at radius 3 is 2.42 bits per heavy atom. The summed E-state index contributed by atoms with van der Waals surface area (Å²) in [5.41, 5.74) is 3.96. The van der Waals surface area contributed by atoms with Crippen LogP contribution in [-0.2, 0) is 10.0 Å². The van der Waals surface area contributed by atoms with E-state index in [0.717, 1.165) is 16.1 Å². The van der Waals surface area contributed by atoms with E-state index in [1.165, 1.54) is 36.4 Å². The van der Waals surface area contributed by atoms with Crippen molar-refractivity contribution in [3.05, 3.63) is 91.9 Å². The molecule has 3 aromatic carbocycles. The molecule has 0 aromatic heterocycles. The number of anilines is 2. The number of halogens is 2. The van der Waals surface area contributed by atoms with Gasteiger partial charge in [0.15, 0.2) is 0 Å². The molecule has 160 valence electrons. The van der Waals surface area contributed by atoms with Crippen LogP contribution in [0.2, 0.25) is 5.02 Å². The van der Waals surface area contributed by atoms with Gasteiger partial charge in [-0.3, -0.25) is 20.3 Å². The molecule has 0 aliphatic heterocycles. The molecule has 0 aliphatic rings. The smallest absolute Gasteiger partial charge is 0.280 e. The van der Waals surface area contributed by atoms with E-state index in [-0.39, 0.29) is 16.3 Å². The molecule has 0 fully saturated rings. The van der Waals surface area contributed by atoms with Crippen LogP contribution >= 0.6 is 27.5 Å². The zero-order valence-corrected chi connectivity index (χ0v) is 19.2. The molecular weight excluding hydrogens is 508 g/mol. The van der Waals surface area contributed by atoms with Gasteiger partial charge >= 0.3 is 0 Å². The number of hydrogen-bond donors (Lipinski definition) is 2. The molecule has 3 aromatic rings. The summed E-state index contributed by atoms with van der Waals surface area (Å²) in [4.78, 5) is 10.6. The Bertz CT molecular complexity index is 1260. The molecule has 0 saturated heterocycles. The molecule has 0 saturated carbocycles. The Morgan fingerprint density at radius 1 is 1.10 bits per heavy atom. The topological polar surface area (TPSA) is 114 Å². The van der Waals surface area contributed by atoms with Gasteiger partial charge in [-0.2, -0.15) is 5.10 Å². The monoisotopic (exact) mass is 522 g/mol. The van der Waals surface area contributed by atoms with E-state index >= 15 is 0 Å². The molecule has 0 spiro atoms. The maximum Gasteiger partial charge on any atom is 0.295 e. The lowest BCUT2D eigenvalue weighted by atomic mass is 10.1. The van der Waals surface area contributed by atoms with E-state index in [1.54, 1.807) is 6.92 Å². The minimum atomic E-state index is -4.05. The van der Waals surface area contributed by atoms with Gasteiger partial charge in [0.25, 0.3) is 15.7 Å². The number of nitro groups is 1. The second-order valence-corrected chi connectivity index (χ2v) is 9.31. The second kappa shape index (κ2) is 9.46. The third kappa shape index (κ3) is 5.60. The first kappa shape index (κ1) is 22.7. The van der Waals surface area contributed by atoms with Crippen molar-refractivity contribution in [3.63, 3.8) is 0 Å². The Hall–Kier alpha value is -2.95. The number of hydrogen-bond acceptors (Lipinski definition) is 6. The van der Waals surface area contributed by atoms with E-state index in [1.807, 2.05) is 24.3 Å². The average Bonchev–Trinajstić information content (AvgIpc) is 2.73. The standard InChI is InChI=1S/C20H16BrClN4O4S/c1-13(17-4-2-3-5-18(17)21)23-24-19-11-10-16(12-20(19)26(27)28)31(29,30)25-15-8-6-14(22)7-9-15/h2-12,24-25H,1H3/b23-13+. The zero-order valence-electron chi connectivity index (χ0n) is 16.0. The summed E-state index contributed by atoms with van der Waals surface area (Å²) in [5.74, 6) is 0. The highest BCUT2D eigenvalue weighted by molar-refractivity contribution is 9.10. The van der Waals surface area contributed by atoms with Gasteiger partial charge in [-0.05, 0) is 49.4 Å². The highest BCUT2D eigenvalue weighted by Gasteiger charge is 2.22. The van der Waals surface area contributed by atoms with Crippen LogP contribution in [0.1, 0.15) is 12.5 Å². The fourth-order valence-corrected chi connectivity index (χ4v) is 4.39. The van der Waals surface area contributed by atoms with Gasteiger partial charge in [0.05, 0.1) is 15.5 Å². The van der Waals surface area contributed by atoms with Gasteiger partial charge in [-0.1, -0.05) is 45.7 Å². The molecule has 3 rings (SSSR count). The van der Waals surface area contributed by atoms with Crippen LogP contribution in [-0.4, -0.2) is 19.1 Å². The predicted molar refractivity (Wildman–Crippen MR) is 125 cm³/mol. The second-order valence-electron chi connectivity index (χ2n) is 6.34. The number of sulfonamides is 1. The molecule has 31 heavy (non-hydrogen) atoms. The fourth-order valence-electron chi connectivity index (χ4n) is 2.62. The summed E-state index contributed by atoms with van der Waals surface area (Å²) >= 11 is 9.23. The van der Waals surface area contributed by atoms with Crippen LogP contribution in [0, 0.1) is 10.1 Å².